The van der Waals surface area contributed by atoms with Crippen LogP contribution in [0.3, 0.4) is 0 Å². The van der Waals surface area contributed by atoms with E-state index in [-0.39, 0.29) is 6.04 Å². The Kier molecular flexibility index (Phi) is 3.57. The minimum atomic E-state index is -0.495. The van der Waals surface area contributed by atoms with Crippen molar-refractivity contribution in [2.24, 2.45) is 0 Å². The molecule has 0 spiro atoms. The molecule has 18 heavy (non-hydrogen) atoms. The molecule has 2 rings (SSSR count). The molecule has 0 aliphatic rings. The highest BCUT2D eigenvalue weighted by atomic mass is 16.2. The zero-order valence-corrected chi connectivity index (χ0v) is 10.0. The van der Waals surface area contributed by atoms with Crippen LogP contribution in [-0.4, -0.2) is 12.4 Å². The lowest BCUT2D eigenvalue weighted by Gasteiger charge is -2.14. The maximum absolute atomic E-state index is 11.2. The summed E-state index contributed by atoms with van der Waals surface area (Å²) in [5.41, 5.74) is 0.995. The molecule has 1 unspecified atom stereocenters. The van der Waals surface area contributed by atoms with E-state index in [1.165, 1.54) is 0 Å². The van der Waals surface area contributed by atoms with Crippen LogP contribution in [0.15, 0.2) is 42.5 Å². The predicted molar refractivity (Wildman–Crippen MR) is 70.1 cm³/mol. The number of urea groups is 1. The van der Waals surface area contributed by atoms with Gasteiger partial charge in [-0.1, -0.05) is 36.4 Å². The van der Waals surface area contributed by atoms with Crippen LogP contribution < -0.4 is 10.6 Å². The summed E-state index contributed by atoms with van der Waals surface area (Å²) in [4.78, 5) is 21.4. The highest BCUT2D eigenvalue weighted by Gasteiger charge is 2.08. The Labute approximate surface area is 105 Å². The van der Waals surface area contributed by atoms with Crippen molar-refractivity contribution in [3.63, 3.8) is 0 Å². The van der Waals surface area contributed by atoms with Gasteiger partial charge in [-0.3, -0.25) is 10.1 Å². The largest absolute Gasteiger partial charge is 0.331 e. The number of hydrogen-bond acceptors (Lipinski definition) is 2. The van der Waals surface area contributed by atoms with Gasteiger partial charge in [-0.25, -0.2) is 4.79 Å². The van der Waals surface area contributed by atoms with Crippen LogP contribution in [-0.2, 0) is 4.79 Å². The van der Waals surface area contributed by atoms with Crippen molar-refractivity contribution in [1.29, 1.82) is 0 Å². The zero-order chi connectivity index (χ0) is 13.0. The standard InChI is InChI=1S/C14H14N2O2/c1-10(16-14(18)15-9-17)12-7-6-11-4-2-3-5-13(11)8-12/h2-10H,1H3,(H2,15,16,17,18). The van der Waals surface area contributed by atoms with Gasteiger partial charge in [0.15, 0.2) is 0 Å². The number of amides is 3. The molecule has 1 atom stereocenters. The highest BCUT2D eigenvalue weighted by molar-refractivity contribution is 5.85. The summed E-state index contributed by atoms with van der Waals surface area (Å²) >= 11 is 0. The third kappa shape index (κ3) is 2.66. The van der Waals surface area contributed by atoms with E-state index >= 15 is 0 Å². The molecule has 4 heteroatoms. The van der Waals surface area contributed by atoms with E-state index in [9.17, 15) is 9.59 Å². The van der Waals surface area contributed by atoms with Crippen LogP contribution in [0.2, 0.25) is 0 Å². The number of imide groups is 1. The second kappa shape index (κ2) is 5.31. The van der Waals surface area contributed by atoms with Crippen LogP contribution in [0.25, 0.3) is 10.8 Å². The summed E-state index contributed by atoms with van der Waals surface area (Å²) in [5.74, 6) is 0. The van der Waals surface area contributed by atoms with E-state index in [4.69, 9.17) is 0 Å². The first-order chi connectivity index (χ1) is 8.70. The van der Waals surface area contributed by atoms with Crippen molar-refractivity contribution >= 4 is 23.2 Å². The fourth-order valence-corrected chi connectivity index (χ4v) is 1.85. The lowest BCUT2D eigenvalue weighted by Crippen LogP contribution is -2.36. The van der Waals surface area contributed by atoms with E-state index in [0.717, 1.165) is 16.3 Å². The third-order valence-corrected chi connectivity index (χ3v) is 2.81. The van der Waals surface area contributed by atoms with Crippen molar-refractivity contribution in [2.75, 3.05) is 0 Å². The Balaban J connectivity index is 2.20. The van der Waals surface area contributed by atoms with Crippen molar-refractivity contribution in [1.82, 2.24) is 10.6 Å². The predicted octanol–water partition coefficient (Wildman–Crippen LogP) is 2.36. The van der Waals surface area contributed by atoms with Crippen LogP contribution in [0.1, 0.15) is 18.5 Å². The first-order valence-electron chi connectivity index (χ1n) is 5.70. The monoisotopic (exact) mass is 242 g/mol. The highest BCUT2D eigenvalue weighted by Crippen LogP contribution is 2.19. The molecule has 0 saturated carbocycles. The zero-order valence-electron chi connectivity index (χ0n) is 10.0. The van der Waals surface area contributed by atoms with Crippen LogP contribution in [0.4, 0.5) is 4.79 Å². The fourth-order valence-electron chi connectivity index (χ4n) is 1.85. The Morgan fingerprint density at radius 2 is 1.89 bits per heavy atom. The van der Waals surface area contributed by atoms with E-state index in [1.807, 2.05) is 49.4 Å². The van der Waals surface area contributed by atoms with Crippen molar-refractivity contribution < 1.29 is 9.59 Å². The maximum atomic E-state index is 11.2. The molecule has 0 heterocycles. The molecule has 4 nitrogen and oxygen atoms in total. The molecule has 2 aromatic carbocycles. The first kappa shape index (κ1) is 12.1. The van der Waals surface area contributed by atoms with E-state index in [2.05, 4.69) is 10.6 Å². The lowest BCUT2D eigenvalue weighted by atomic mass is 10.0. The molecule has 0 aliphatic carbocycles. The van der Waals surface area contributed by atoms with Gasteiger partial charge in [0, 0.05) is 0 Å². The lowest BCUT2D eigenvalue weighted by molar-refractivity contribution is -0.108. The van der Waals surface area contributed by atoms with Gasteiger partial charge in [0.25, 0.3) is 0 Å². The maximum Gasteiger partial charge on any atom is 0.321 e. The molecule has 0 saturated heterocycles. The van der Waals surface area contributed by atoms with E-state index in [1.54, 1.807) is 0 Å². The van der Waals surface area contributed by atoms with Gasteiger partial charge in [0.05, 0.1) is 6.04 Å². The number of hydrogen-bond donors (Lipinski definition) is 2. The molecule has 0 bridgehead atoms. The van der Waals surface area contributed by atoms with Gasteiger partial charge in [0.2, 0.25) is 6.41 Å². The normalized spacial score (nSPS) is 11.8. The smallest absolute Gasteiger partial charge is 0.321 e. The van der Waals surface area contributed by atoms with Gasteiger partial charge in [-0.2, -0.15) is 0 Å². The molecular weight excluding hydrogens is 228 g/mol. The summed E-state index contributed by atoms with van der Waals surface area (Å²) in [6.07, 6.45) is 0.364. The van der Waals surface area contributed by atoms with E-state index < -0.39 is 6.03 Å². The molecule has 0 radical (unpaired) electrons. The van der Waals surface area contributed by atoms with Crippen LogP contribution >= 0.6 is 0 Å². The Hall–Kier alpha value is -2.36. The van der Waals surface area contributed by atoms with E-state index in [0.29, 0.717) is 6.41 Å². The Morgan fingerprint density at radius 3 is 2.61 bits per heavy atom. The number of nitrogens with one attached hydrogen (secondary N) is 2. The second-order valence-electron chi connectivity index (χ2n) is 4.06. The topological polar surface area (TPSA) is 58.2 Å². The minimum absolute atomic E-state index is 0.158. The summed E-state index contributed by atoms with van der Waals surface area (Å²) in [5, 5.41) is 7.02. The average Bonchev–Trinajstić information content (AvgIpc) is 2.38. The molecule has 3 amide bonds. The number of fused-ring (bicyclic) bond motifs is 1. The number of carbonyl (C=O) groups excluding carboxylic acids is 2. The molecule has 0 aromatic heterocycles. The number of rotatable bonds is 3. The summed E-state index contributed by atoms with van der Waals surface area (Å²) in [7, 11) is 0. The fraction of sp³-hybridized carbons (Fsp3) is 0.143. The molecule has 92 valence electrons. The quantitative estimate of drug-likeness (QED) is 0.812. The summed E-state index contributed by atoms with van der Waals surface area (Å²) in [6, 6.07) is 13.4. The van der Waals surface area contributed by atoms with Crippen molar-refractivity contribution in [2.45, 2.75) is 13.0 Å². The summed E-state index contributed by atoms with van der Waals surface area (Å²) < 4.78 is 0. The van der Waals surface area contributed by atoms with Crippen LogP contribution in [0, 0.1) is 0 Å². The molecular formula is C14H14N2O2. The first-order valence-corrected chi connectivity index (χ1v) is 5.70. The summed E-state index contributed by atoms with van der Waals surface area (Å²) in [6.45, 7) is 1.87. The van der Waals surface area contributed by atoms with Gasteiger partial charge in [-0.05, 0) is 29.3 Å². The molecule has 2 aromatic rings. The van der Waals surface area contributed by atoms with Gasteiger partial charge >= 0.3 is 6.03 Å². The number of benzene rings is 2. The molecule has 0 fully saturated rings. The third-order valence-electron chi connectivity index (χ3n) is 2.81. The Morgan fingerprint density at radius 1 is 1.17 bits per heavy atom. The molecule has 0 aliphatic heterocycles. The van der Waals surface area contributed by atoms with Gasteiger partial charge in [-0.15, -0.1) is 0 Å². The van der Waals surface area contributed by atoms with Crippen LogP contribution in [0.5, 0.6) is 0 Å². The van der Waals surface area contributed by atoms with Gasteiger partial charge in [0.1, 0.15) is 0 Å². The molecule has 2 N–H and O–H groups in total. The van der Waals surface area contributed by atoms with Gasteiger partial charge < -0.3 is 5.32 Å². The average molecular weight is 242 g/mol. The van der Waals surface area contributed by atoms with Crippen molar-refractivity contribution in [3.05, 3.63) is 48.0 Å². The Bertz CT molecular complexity index is 581. The minimum Gasteiger partial charge on any atom is -0.331 e. The SMILES string of the molecule is CC(NC(=O)NC=O)c1ccc2ccccc2c1. The van der Waals surface area contributed by atoms with Crippen molar-refractivity contribution in [3.8, 4) is 0 Å². The second-order valence-corrected chi connectivity index (χ2v) is 4.06. The number of carbonyl (C=O) groups is 2.